The highest BCUT2D eigenvalue weighted by molar-refractivity contribution is 5.88. The van der Waals surface area contributed by atoms with E-state index < -0.39 is 5.97 Å². The Labute approximate surface area is 101 Å². The van der Waals surface area contributed by atoms with E-state index in [0.29, 0.717) is 12.2 Å². The molecule has 1 heterocycles. The predicted octanol–water partition coefficient (Wildman–Crippen LogP) is 1.52. The zero-order chi connectivity index (χ0) is 12.8. The summed E-state index contributed by atoms with van der Waals surface area (Å²) in [6, 6.07) is 2.95. The molecule has 0 radical (unpaired) electrons. The van der Waals surface area contributed by atoms with Crippen LogP contribution in [0.1, 0.15) is 36.3 Å². The highest BCUT2D eigenvalue weighted by Gasteiger charge is 2.10. The van der Waals surface area contributed by atoms with E-state index in [2.05, 4.69) is 10.3 Å². The van der Waals surface area contributed by atoms with Gasteiger partial charge >= 0.3 is 5.97 Å². The molecule has 5 nitrogen and oxygen atoms in total. The smallest absolute Gasteiger partial charge is 0.335 e. The van der Waals surface area contributed by atoms with Gasteiger partial charge in [-0.2, -0.15) is 0 Å². The lowest BCUT2D eigenvalue weighted by molar-refractivity contribution is 0.0696. The van der Waals surface area contributed by atoms with Crippen LogP contribution in [0, 0.1) is 0 Å². The number of rotatable bonds is 6. The SMILES string of the molecule is CCc1cc(C(=O)O)cc(NC(CC)CO)n1. The quantitative estimate of drug-likeness (QED) is 0.700. The molecule has 0 aliphatic heterocycles. The molecule has 17 heavy (non-hydrogen) atoms. The van der Waals surface area contributed by atoms with Crippen LogP contribution in [0.2, 0.25) is 0 Å². The van der Waals surface area contributed by atoms with Crippen molar-refractivity contribution >= 4 is 11.8 Å². The highest BCUT2D eigenvalue weighted by atomic mass is 16.4. The molecule has 0 fully saturated rings. The minimum Gasteiger partial charge on any atom is -0.478 e. The standard InChI is InChI=1S/C12H18N2O3/c1-3-9-5-8(12(16)17)6-11(13-9)14-10(4-2)7-15/h5-6,10,15H,3-4,7H2,1-2H3,(H,13,14)(H,16,17). The van der Waals surface area contributed by atoms with Crippen LogP contribution in [-0.4, -0.2) is 33.8 Å². The molecule has 1 rings (SSSR count). The predicted molar refractivity (Wildman–Crippen MR) is 65.4 cm³/mol. The van der Waals surface area contributed by atoms with Crippen LogP contribution in [0.5, 0.6) is 0 Å². The molecule has 0 bridgehead atoms. The Hall–Kier alpha value is -1.62. The Kier molecular flexibility index (Phi) is 4.90. The Morgan fingerprint density at radius 1 is 1.47 bits per heavy atom. The highest BCUT2D eigenvalue weighted by Crippen LogP contribution is 2.13. The molecule has 0 amide bonds. The molecular weight excluding hydrogens is 220 g/mol. The monoisotopic (exact) mass is 238 g/mol. The molecule has 1 aromatic rings. The van der Waals surface area contributed by atoms with E-state index in [1.165, 1.54) is 6.07 Å². The van der Waals surface area contributed by atoms with Gasteiger partial charge in [0.25, 0.3) is 0 Å². The second-order valence-electron chi connectivity index (χ2n) is 3.82. The lowest BCUT2D eigenvalue weighted by atomic mass is 10.2. The molecule has 94 valence electrons. The molecular formula is C12H18N2O3. The summed E-state index contributed by atoms with van der Waals surface area (Å²) in [4.78, 5) is 15.2. The normalized spacial score (nSPS) is 12.2. The summed E-state index contributed by atoms with van der Waals surface area (Å²) < 4.78 is 0. The van der Waals surface area contributed by atoms with Gasteiger partial charge in [0.1, 0.15) is 5.82 Å². The molecule has 3 N–H and O–H groups in total. The third-order valence-corrected chi connectivity index (χ3v) is 2.55. The number of carbonyl (C=O) groups is 1. The number of aromatic nitrogens is 1. The number of aliphatic hydroxyl groups is 1. The van der Waals surface area contributed by atoms with Crippen LogP contribution in [0.3, 0.4) is 0 Å². The second kappa shape index (κ2) is 6.20. The lowest BCUT2D eigenvalue weighted by Gasteiger charge is -2.15. The van der Waals surface area contributed by atoms with Crippen LogP contribution in [0.4, 0.5) is 5.82 Å². The topological polar surface area (TPSA) is 82.5 Å². The molecule has 0 saturated heterocycles. The van der Waals surface area contributed by atoms with Crippen molar-refractivity contribution in [2.75, 3.05) is 11.9 Å². The van der Waals surface area contributed by atoms with Crippen molar-refractivity contribution in [1.82, 2.24) is 4.98 Å². The molecule has 1 atom stereocenters. The number of anilines is 1. The number of aryl methyl sites for hydroxylation is 1. The lowest BCUT2D eigenvalue weighted by Crippen LogP contribution is -2.23. The maximum atomic E-state index is 10.9. The minimum atomic E-state index is -0.970. The van der Waals surface area contributed by atoms with Gasteiger partial charge in [0.2, 0.25) is 0 Å². The number of hydrogen-bond acceptors (Lipinski definition) is 4. The number of carboxylic acid groups (broad SMARTS) is 1. The van der Waals surface area contributed by atoms with Crippen LogP contribution in [-0.2, 0) is 6.42 Å². The van der Waals surface area contributed by atoms with Gasteiger partial charge in [0.15, 0.2) is 0 Å². The van der Waals surface area contributed by atoms with Gasteiger partial charge in [-0.25, -0.2) is 9.78 Å². The Morgan fingerprint density at radius 3 is 2.65 bits per heavy atom. The van der Waals surface area contributed by atoms with Gasteiger partial charge < -0.3 is 15.5 Å². The third kappa shape index (κ3) is 3.71. The number of nitrogens with zero attached hydrogens (tertiary/aromatic N) is 1. The van der Waals surface area contributed by atoms with E-state index in [9.17, 15) is 4.79 Å². The Bertz CT molecular complexity index is 389. The second-order valence-corrected chi connectivity index (χ2v) is 3.82. The van der Waals surface area contributed by atoms with Crippen molar-refractivity contribution in [1.29, 1.82) is 0 Å². The van der Waals surface area contributed by atoms with E-state index >= 15 is 0 Å². The first-order chi connectivity index (χ1) is 8.10. The zero-order valence-electron chi connectivity index (χ0n) is 10.1. The van der Waals surface area contributed by atoms with Gasteiger partial charge in [-0.1, -0.05) is 13.8 Å². The zero-order valence-corrected chi connectivity index (χ0v) is 10.1. The number of carboxylic acids is 1. The van der Waals surface area contributed by atoms with Crippen LogP contribution < -0.4 is 5.32 Å². The molecule has 0 aromatic carbocycles. The summed E-state index contributed by atoms with van der Waals surface area (Å²) >= 11 is 0. The largest absolute Gasteiger partial charge is 0.478 e. The summed E-state index contributed by atoms with van der Waals surface area (Å²) in [5.74, 6) is -0.468. The van der Waals surface area contributed by atoms with Crippen LogP contribution >= 0.6 is 0 Å². The van der Waals surface area contributed by atoms with Gasteiger partial charge in [-0.15, -0.1) is 0 Å². The van der Waals surface area contributed by atoms with E-state index in [-0.39, 0.29) is 18.2 Å². The van der Waals surface area contributed by atoms with Crippen molar-refractivity contribution < 1.29 is 15.0 Å². The summed E-state index contributed by atoms with van der Waals surface area (Å²) in [5.41, 5.74) is 0.937. The Morgan fingerprint density at radius 2 is 2.18 bits per heavy atom. The van der Waals surface area contributed by atoms with Gasteiger partial charge in [0.05, 0.1) is 18.2 Å². The van der Waals surface area contributed by atoms with Gasteiger partial charge in [-0.05, 0) is 25.0 Å². The molecule has 0 aliphatic carbocycles. The number of aliphatic hydroxyl groups excluding tert-OH is 1. The van der Waals surface area contributed by atoms with Crippen molar-refractivity contribution in [3.05, 3.63) is 23.4 Å². The summed E-state index contributed by atoms with van der Waals surface area (Å²) in [5, 5.41) is 21.1. The molecule has 0 spiro atoms. The van der Waals surface area contributed by atoms with Gasteiger partial charge in [-0.3, -0.25) is 0 Å². The first-order valence-electron chi connectivity index (χ1n) is 5.72. The van der Waals surface area contributed by atoms with E-state index in [1.807, 2.05) is 13.8 Å². The van der Waals surface area contributed by atoms with Crippen LogP contribution in [0.25, 0.3) is 0 Å². The molecule has 0 aliphatic rings. The Balaban J connectivity index is 2.98. The number of nitrogens with one attached hydrogen (secondary N) is 1. The fourth-order valence-corrected chi connectivity index (χ4v) is 1.45. The fourth-order valence-electron chi connectivity index (χ4n) is 1.45. The number of aromatic carboxylic acids is 1. The number of hydrogen-bond donors (Lipinski definition) is 3. The van der Waals surface area contributed by atoms with Crippen molar-refractivity contribution in [2.45, 2.75) is 32.7 Å². The molecule has 0 saturated carbocycles. The van der Waals surface area contributed by atoms with Gasteiger partial charge in [0, 0.05) is 5.69 Å². The fraction of sp³-hybridized carbons (Fsp3) is 0.500. The minimum absolute atomic E-state index is 0.00304. The van der Waals surface area contributed by atoms with E-state index in [0.717, 1.165) is 12.1 Å². The maximum Gasteiger partial charge on any atom is 0.335 e. The average Bonchev–Trinajstić information content (AvgIpc) is 2.35. The van der Waals surface area contributed by atoms with E-state index in [4.69, 9.17) is 10.2 Å². The van der Waals surface area contributed by atoms with Crippen molar-refractivity contribution in [3.63, 3.8) is 0 Å². The van der Waals surface area contributed by atoms with Crippen molar-refractivity contribution in [3.8, 4) is 0 Å². The first-order valence-corrected chi connectivity index (χ1v) is 5.72. The summed E-state index contributed by atoms with van der Waals surface area (Å²) in [6.45, 7) is 3.85. The summed E-state index contributed by atoms with van der Waals surface area (Å²) in [6.07, 6.45) is 1.42. The average molecular weight is 238 g/mol. The van der Waals surface area contributed by atoms with Crippen molar-refractivity contribution in [2.24, 2.45) is 0 Å². The first kappa shape index (κ1) is 13.4. The molecule has 1 aromatic heterocycles. The summed E-state index contributed by atoms with van der Waals surface area (Å²) in [7, 11) is 0. The molecule has 1 unspecified atom stereocenters. The van der Waals surface area contributed by atoms with Crippen LogP contribution in [0.15, 0.2) is 12.1 Å². The maximum absolute atomic E-state index is 10.9. The number of pyridine rings is 1. The molecule has 5 heteroatoms. The van der Waals surface area contributed by atoms with E-state index in [1.54, 1.807) is 6.07 Å². The third-order valence-electron chi connectivity index (χ3n) is 2.55.